The van der Waals surface area contributed by atoms with E-state index in [1.807, 2.05) is 12.1 Å². The van der Waals surface area contributed by atoms with Gasteiger partial charge in [-0.3, -0.25) is 0 Å². The van der Waals surface area contributed by atoms with Crippen LogP contribution >= 0.6 is 0 Å². The van der Waals surface area contributed by atoms with Crippen LogP contribution in [0.5, 0.6) is 0 Å². The van der Waals surface area contributed by atoms with Crippen molar-refractivity contribution in [1.82, 2.24) is 15.0 Å². The fourth-order valence-corrected chi connectivity index (χ4v) is 1.99. The van der Waals surface area contributed by atoms with E-state index >= 15 is 0 Å². The van der Waals surface area contributed by atoms with Gasteiger partial charge >= 0.3 is 0 Å². The van der Waals surface area contributed by atoms with Gasteiger partial charge < -0.3 is 5.73 Å². The Hall–Kier alpha value is -2.50. The van der Waals surface area contributed by atoms with Crippen molar-refractivity contribution in [2.45, 2.75) is 6.43 Å². The normalized spacial score (nSPS) is 11.3. The molecule has 96 valence electrons. The van der Waals surface area contributed by atoms with E-state index in [1.54, 1.807) is 18.2 Å². The van der Waals surface area contributed by atoms with Gasteiger partial charge in [0.05, 0.1) is 11.2 Å². The summed E-state index contributed by atoms with van der Waals surface area (Å²) in [5, 5.41) is 7.89. The summed E-state index contributed by atoms with van der Waals surface area (Å²) in [6, 6.07) is 11.5. The smallest absolute Gasteiger partial charge is 0.266 e. The van der Waals surface area contributed by atoms with Crippen LogP contribution in [0, 0.1) is 0 Å². The third kappa shape index (κ3) is 1.91. The Morgan fingerprint density at radius 3 is 2.68 bits per heavy atom. The van der Waals surface area contributed by atoms with E-state index in [0.29, 0.717) is 16.7 Å². The Morgan fingerprint density at radius 1 is 1.11 bits per heavy atom. The molecule has 0 saturated heterocycles. The molecule has 0 fully saturated rings. The summed E-state index contributed by atoms with van der Waals surface area (Å²) in [6.45, 7) is 0. The van der Waals surface area contributed by atoms with Crippen LogP contribution in [0.1, 0.15) is 12.0 Å². The van der Waals surface area contributed by atoms with Gasteiger partial charge in [-0.05, 0) is 30.3 Å². The number of para-hydroxylation sites is 1. The van der Waals surface area contributed by atoms with Gasteiger partial charge in [-0.15, -0.1) is 5.10 Å². The van der Waals surface area contributed by atoms with Crippen molar-refractivity contribution in [3.63, 3.8) is 0 Å². The predicted molar refractivity (Wildman–Crippen MR) is 68.2 cm³/mol. The minimum atomic E-state index is -2.62. The van der Waals surface area contributed by atoms with Crippen molar-refractivity contribution in [3.05, 3.63) is 48.0 Å². The third-order valence-corrected chi connectivity index (χ3v) is 2.87. The Morgan fingerprint density at radius 2 is 1.89 bits per heavy atom. The van der Waals surface area contributed by atoms with Crippen LogP contribution in [0.2, 0.25) is 0 Å². The van der Waals surface area contributed by atoms with Crippen LogP contribution in [0.4, 0.5) is 14.5 Å². The maximum absolute atomic E-state index is 13.1. The summed E-state index contributed by atoms with van der Waals surface area (Å²) in [7, 11) is 0. The van der Waals surface area contributed by atoms with E-state index in [2.05, 4.69) is 10.3 Å². The van der Waals surface area contributed by atoms with Crippen LogP contribution in [0.3, 0.4) is 0 Å². The minimum absolute atomic E-state index is 0.157. The molecule has 3 aromatic rings. The number of benzene rings is 2. The molecule has 0 aliphatic rings. The molecule has 0 saturated carbocycles. The Labute approximate surface area is 107 Å². The van der Waals surface area contributed by atoms with Crippen LogP contribution < -0.4 is 5.73 Å². The molecule has 0 spiro atoms. The van der Waals surface area contributed by atoms with E-state index < -0.39 is 6.43 Å². The van der Waals surface area contributed by atoms with Crippen molar-refractivity contribution >= 4 is 16.7 Å². The number of rotatable bonds is 2. The number of alkyl halides is 2. The second-order valence-electron chi connectivity index (χ2n) is 4.11. The van der Waals surface area contributed by atoms with E-state index in [9.17, 15) is 8.78 Å². The van der Waals surface area contributed by atoms with Crippen LogP contribution in [0.15, 0.2) is 42.5 Å². The predicted octanol–water partition coefficient (Wildman–Crippen LogP) is 2.94. The van der Waals surface area contributed by atoms with Crippen molar-refractivity contribution in [2.24, 2.45) is 0 Å². The highest BCUT2D eigenvalue weighted by molar-refractivity contribution is 5.76. The number of halogens is 2. The first-order valence-electron chi connectivity index (χ1n) is 5.65. The standard InChI is InChI=1S/C13H10F2N4/c14-13(15)9-7-8(16)5-6-11(9)19-12-4-2-1-3-10(12)17-18-19/h1-7,13H,16H2. The molecule has 0 aliphatic heterocycles. The van der Waals surface area contributed by atoms with Crippen LogP contribution in [-0.2, 0) is 0 Å². The molecular formula is C13H10F2N4. The van der Waals surface area contributed by atoms with Crippen molar-refractivity contribution < 1.29 is 8.78 Å². The molecule has 0 atom stereocenters. The average molecular weight is 260 g/mol. The number of nitrogens with two attached hydrogens (primary N) is 1. The summed E-state index contributed by atoms with van der Waals surface area (Å²) in [5.41, 5.74) is 7.31. The van der Waals surface area contributed by atoms with Gasteiger partial charge in [0.25, 0.3) is 6.43 Å². The Kier molecular flexibility index (Phi) is 2.63. The van der Waals surface area contributed by atoms with Crippen molar-refractivity contribution in [1.29, 1.82) is 0 Å². The highest BCUT2D eigenvalue weighted by atomic mass is 19.3. The summed E-state index contributed by atoms with van der Waals surface area (Å²) in [6.07, 6.45) is -2.62. The van der Waals surface area contributed by atoms with Gasteiger partial charge in [-0.25, -0.2) is 13.5 Å². The molecule has 6 heteroatoms. The molecule has 0 bridgehead atoms. The summed E-state index contributed by atoms with van der Waals surface area (Å²) in [5.74, 6) is 0. The first-order chi connectivity index (χ1) is 9.16. The van der Waals surface area contributed by atoms with Gasteiger partial charge in [0.2, 0.25) is 0 Å². The SMILES string of the molecule is Nc1ccc(-n2nnc3ccccc32)c(C(F)F)c1. The zero-order valence-corrected chi connectivity index (χ0v) is 9.79. The summed E-state index contributed by atoms with van der Waals surface area (Å²) in [4.78, 5) is 0. The van der Waals surface area contributed by atoms with Crippen molar-refractivity contribution in [2.75, 3.05) is 5.73 Å². The van der Waals surface area contributed by atoms with Gasteiger partial charge in [-0.1, -0.05) is 17.3 Å². The Balaban J connectivity index is 2.27. The number of anilines is 1. The highest BCUT2D eigenvalue weighted by Crippen LogP contribution is 2.29. The quantitative estimate of drug-likeness (QED) is 0.721. The highest BCUT2D eigenvalue weighted by Gasteiger charge is 2.17. The lowest BCUT2D eigenvalue weighted by Gasteiger charge is -2.10. The first kappa shape index (κ1) is 11.6. The lowest BCUT2D eigenvalue weighted by Crippen LogP contribution is -2.03. The lowest BCUT2D eigenvalue weighted by molar-refractivity contribution is 0.151. The summed E-state index contributed by atoms with van der Waals surface area (Å²) < 4.78 is 27.6. The number of hydrogen-bond acceptors (Lipinski definition) is 3. The number of hydrogen-bond donors (Lipinski definition) is 1. The monoisotopic (exact) mass is 260 g/mol. The largest absolute Gasteiger partial charge is 0.399 e. The third-order valence-electron chi connectivity index (χ3n) is 2.87. The molecule has 4 nitrogen and oxygen atoms in total. The van der Waals surface area contributed by atoms with Gasteiger partial charge in [0, 0.05) is 11.3 Å². The fourth-order valence-electron chi connectivity index (χ4n) is 1.99. The molecule has 1 heterocycles. The van der Waals surface area contributed by atoms with E-state index in [0.717, 1.165) is 0 Å². The van der Waals surface area contributed by atoms with E-state index in [4.69, 9.17) is 5.73 Å². The maximum atomic E-state index is 13.1. The zero-order chi connectivity index (χ0) is 13.4. The summed E-state index contributed by atoms with van der Waals surface area (Å²) >= 11 is 0. The fraction of sp³-hybridized carbons (Fsp3) is 0.0769. The Bertz CT molecular complexity index is 736. The number of aromatic nitrogens is 3. The van der Waals surface area contributed by atoms with Crippen molar-refractivity contribution in [3.8, 4) is 5.69 Å². The minimum Gasteiger partial charge on any atom is -0.399 e. The number of nitrogens with zero attached hydrogens (tertiary/aromatic N) is 3. The first-order valence-corrected chi connectivity index (χ1v) is 5.65. The molecule has 0 aliphatic carbocycles. The molecule has 1 aromatic heterocycles. The second-order valence-corrected chi connectivity index (χ2v) is 4.11. The molecule has 2 N–H and O–H groups in total. The number of fused-ring (bicyclic) bond motifs is 1. The lowest BCUT2D eigenvalue weighted by atomic mass is 10.1. The molecule has 2 aromatic carbocycles. The molecule has 0 unspecified atom stereocenters. The van der Waals surface area contributed by atoms with E-state index in [-0.39, 0.29) is 11.3 Å². The second kappa shape index (κ2) is 4.31. The number of nitrogen functional groups attached to an aromatic ring is 1. The van der Waals surface area contributed by atoms with Crippen LogP contribution in [0.25, 0.3) is 16.7 Å². The molecule has 0 radical (unpaired) electrons. The molecular weight excluding hydrogens is 250 g/mol. The van der Waals surface area contributed by atoms with Gasteiger partial charge in [0.1, 0.15) is 5.52 Å². The molecule has 19 heavy (non-hydrogen) atoms. The van der Waals surface area contributed by atoms with Gasteiger partial charge in [-0.2, -0.15) is 0 Å². The molecule has 3 rings (SSSR count). The van der Waals surface area contributed by atoms with Crippen LogP contribution in [-0.4, -0.2) is 15.0 Å². The topological polar surface area (TPSA) is 56.7 Å². The maximum Gasteiger partial charge on any atom is 0.266 e. The van der Waals surface area contributed by atoms with E-state index in [1.165, 1.54) is 16.8 Å². The molecule has 0 amide bonds. The average Bonchev–Trinajstić information content (AvgIpc) is 2.82. The van der Waals surface area contributed by atoms with Gasteiger partial charge in [0.15, 0.2) is 0 Å². The zero-order valence-electron chi connectivity index (χ0n) is 9.79.